The molecule has 0 saturated heterocycles. The largest absolute Gasteiger partial charge is 0.324 e. The van der Waals surface area contributed by atoms with Crippen molar-refractivity contribution in [2.75, 3.05) is 0 Å². The quantitative estimate of drug-likeness (QED) is 0.149. The van der Waals surface area contributed by atoms with Gasteiger partial charge < -0.3 is 4.57 Å². The Bertz CT molecular complexity index is 714. The van der Waals surface area contributed by atoms with Crippen LogP contribution in [0.3, 0.4) is 0 Å². The molecule has 29 heavy (non-hydrogen) atoms. The van der Waals surface area contributed by atoms with Crippen molar-refractivity contribution in [3.05, 3.63) is 16.3 Å². The van der Waals surface area contributed by atoms with Crippen LogP contribution in [-0.2, 0) is 6.54 Å². The van der Waals surface area contributed by atoms with Crippen LogP contribution in [0.15, 0.2) is 0 Å². The molecule has 0 aliphatic rings. The van der Waals surface area contributed by atoms with Gasteiger partial charge in [0.25, 0.3) is 0 Å². The predicted octanol–water partition coefficient (Wildman–Crippen LogP) is 8.31. The zero-order valence-corrected chi connectivity index (χ0v) is 19.9. The summed E-state index contributed by atoms with van der Waals surface area (Å²) in [6.07, 6.45) is 20.6. The molecule has 0 saturated carbocycles. The standard InChI is InChI=1S/C23H38Cl2N4/c1-3-4-5-6-7-8-9-10-11-12-13-14-15-16-17-18-29-19(2)26-22-20(29)21(24)27-23(25)28-22/h3-18H2,1-2H3. The van der Waals surface area contributed by atoms with Gasteiger partial charge in [-0.25, -0.2) is 9.97 Å². The van der Waals surface area contributed by atoms with Crippen LogP contribution in [0, 0.1) is 6.92 Å². The number of nitrogens with zero attached hydrogens (tertiary/aromatic N) is 4. The lowest BCUT2D eigenvalue weighted by atomic mass is 10.0. The molecule has 0 aliphatic heterocycles. The maximum Gasteiger partial charge on any atom is 0.225 e. The second-order valence-corrected chi connectivity index (χ2v) is 8.91. The topological polar surface area (TPSA) is 43.6 Å². The molecule has 2 rings (SSSR count). The first kappa shape index (κ1) is 24.4. The Morgan fingerprint density at radius 1 is 0.655 bits per heavy atom. The Labute approximate surface area is 186 Å². The van der Waals surface area contributed by atoms with Gasteiger partial charge in [-0.05, 0) is 24.9 Å². The number of fused-ring (bicyclic) bond motifs is 1. The van der Waals surface area contributed by atoms with Gasteiger partial charge in [0.15, 0.2) is 10.8 Å². The van der Waals surface area contributed by atoms with Crippen LogP contribution in [0.4, 0.5) is 0 Å². The first-order valence-electron chi connectivity index (χ1n) is 11.7. The Kier molecular flexibility index (Phi) is 11.9. The maximum absolute atomic E-state index is 6.26. The molecule has 0 bridgehead atoms. The summed E-state index contributed by atoms with van der Waals surface area (Å²) in [6.45, 7) is 5.17. The number of aryl methyl sites for hydroxylation is 2. The van der Waals surface area contributed by atoms with E-state index in [1.54, 1.807) is 0 Å². The van der Waals surface area contributed by atoms with Crippen molar-refractivity contribution in [3.8, 4) is 0 Å². The SMILES string of the molecule is CCCCCCCCCCCCCCCCCn1c(C)nc2nc(Cl)nc(Cl)c21. The van der Waals surface area contributed by atoms with Crippen LogP contribution >= 0.6 is 23.2 Å². The van der Waals surface area contributed by atoms with Gasteiger partial charge in [-0.3, -0.25) is 0 Å². The minimum atomic E-state index is 0.152. The number of aromatic nitrogens is 4. The van der Waals surface area contributed by atoms with Gasteiger partial charge in [-0.2, -0.15) is 4.98 Å². The van der Waals surface area contributed by atoms with Crippen molar-refractivity contribution in [1.82, 2.24) is 19.5 Å². The van der Waals surface area contributed by atoms with Crippen LogP contribution in [0.5, 0.6) is 0 Å². The van der Waals surface area contributed by atoms with Crippen LogP contribution in [-0.4, -0.2) is 19.5 Å². The van der Waals surface area contributed by atoms with Crippen molar-refractivity contribution in [2.45, 2.75) is 117 Å². The van der Waals surface area contributed by atoms with E-state index in [0.717, 1.165) is 24.3 Å². The highest BCUT2D eigenvalue weighted by atomic mass is 35.5. The predicted molar refractivity (Wildman–Crippen MR) is 125 cm³/mol. The van der Waals surface area contributed by atoms with Gasteiger partial charge in [-0.1, -0.05) is 108 Å². The summed E-state index contributed by atoms with van der Waals surface area (Å²) in [5.74, 6) is 0.920. The van der Waals surface area contributed by atoms with Crippen molar-refractivity contribution < 1.29 is 0 Å². The number of imidazole rings is 1. The summed E-state index contributed by atoms with van der Waals surface area (Å²) >= 11 is 12.1. The monoisotopic (exact) mass is 440 g/mol. The van der Waals surface area contributed by atoms with Gasteiger partial charge in [0.2, 0.25) is 5.28 Å². The molecule has 164 valence electrons. The first-order chi connectivity index (χ1) is 14.1. The fraction of sp³-hybridized carbons (Fsp3) is 0.783. The highest BCUT2D eigenvalue weighted by Gasteiger charge is 2.14. The average Bonchev–Trinajstić information content (AvgIpc) is 3.00. The Morgan fingerprint density at radius 2 is 1.14 bits per heavy atom. The molecule has 0 spiro atoms. The zero-order valence-electron chi connectivity index (χ0n) is 18.4. The highest BCUT2D eigenvalue weighted by Crippen LogP contribution is 2.24. The van der Waals surface area contributed by atoms with Crippen molar-refractivity contribution in [1.29, 1.82) is 0 Å². The number of halogens is 2. The third-order valence-corrected chi connectivity index (χ3v) is 6.14. The molecule has 0 unspecified atom stereocenters. The molecule has 0 atom stereocenters. The Hall–Kier alpha value is -0.870. The summed E-state index contributed by atoms with van der Waals surface area (Å²) < 4.78 is 2.12. The molecule has 0 fully saturated rings. The molecule has 2 heterocycles. The molecule has 0 amide bonds. The molecule has 0 radical (unpaired) electrons. The smallest absolute Gasteiger partial charge is 0.225 e. The molecule has 0 N–H and O–H groups in total. The van der Waals surface area contributed by atoms with E-state index in [9.17, 15) is 0 Å². The van der Waals surface area contributed by atoms with Gasteiger partial charge >= 0.3 is 0 Å². The summed E-state index contributed by atoms with van der Waals surface area (Å²) in [5, 5.41) is 0.542. The second kappa shape index (κ2) is 14.2. The second-order valence-electron chi connectivity index (χ2n) is 8.22. The molecule has 6 heteroatoms. The molecule has 2 aromatic rings. The molecule has 0 aromatic carbocycles. The lowest BCUT2D eigenvalue weighted by Crippen LogP contribution is -2.01. The van der Waals surface area contributed by atoms with E-state index in [4.69, 9.17) is 23.2 Å². The zero-order chi connectivity index (χ0) is 20.9. The maximum atomic E-state index is 6.26. The van der Waals surface area contributed by atoms with Crippen LogP contribution in [0.1, 0.15) is 109 Å². The number of rotatable bonds is 16. The van der Waals surface area contributed by atoms with Crippen LogP contribution in [0.25, 0.3) is 11.2 Å². The van der Waals surface area contributed by atoms with Gasteiger partial charge in [-0.15, -0.1) is 0 Å². The lowest BCUT2D eigenvalue weighted by molar-refractivity contribution is 0.522. The molecule has 4 nitrogen and oxygen atoms in total. The number of hydrogen-bond acceptors (Lipinski definition) is 3. The third kappa shape index (κ3) is 8.80. The van der Waals surface area contributed by atoms with E-state index in [-0.39, 0.29) is 5.28 Å². The highest BCUT2D eigenvalue weighted by molar-refractivity contribution is 6.35. The van der Waals surface area contributed by atoms with Gasteiger partial charge in [0, 0.05) is 6.54 Å². The first-order valence-corrected chi connectivity index (χ1v) is 12.4. The Balaban J connectivity index is 1.49. The van der Waals surface area contributed by atoms with Gasteiger partial charge in [0.1, 0.15) is 11.3 Å². The normalized spacial score (nSPS) is 11.6. The fourth-order valence-corrected chi connectivity index (χ4v) is 4.47. The molecule has 0 aliphatic carbocycles. The minimum Gasteiger partial charge on any atom is -0.324 e. The molecular formula is C23H38Cl2N4. The van der Waals surface area contributed by atoms with E-state index < -0.39 is 0 Å². The third-order valence-electron chi connectivity index (χ3n) is 5.71. The summed E-state index contributed by atoms with van der Waals surface area (Å²) in [4.78, 5) is 12.7. The number of hydrogen-bond donors (Lipinski definition) is 0. The van der Waals surface area contributed by atoms with Crippen LogP contribution < -0.4 is 0 Å². The summed E-state index contributed by atoms with van der Waals surface area (Å²) in [5.41, 5.74) is 1.40. The van der Waals surface area contributed by atoms with Crippen LogP contribution in [0.2, 0.25) is 10.4 Å². The average molecular weight is 441 g/mol. The van der Waals surface area contributed by atoms with Gasteiger partial charge in [0.05, 0.1) is 0 Å². The lowest BCUT2D eigenvalue weighted by Gasteiger charge is -2.07. The summed E-state index contributed by atoms with van der Waals surface area (Å²) in [6, 6.07) is 0. The van der Waals surface area contributed by atoms with E-state index in [0.29, 0.717) is 10.8 Å². The van der Waals surface area contributed by atoms with Crippen molar-refractivity contribution in [2.24, 2.45) is 0 Å². The van der Waals surface area contributed by atoms with Crippen molar-refractivity contribution >= 4 is 34.4 Å². The Morgan fingerprint density at radius 3 is 1.66 bits per heavy atom. The number of unbranched alkanes of at least 4 members (excludes halogenated alkanes) is 14. The minimum absolute atomic E-state index is 0.152. The van der Waals surface area contributed by atoms with E-state index in [1.807, 2.05) is 6.92 Å². The van der Waals surface area contributed by atoms with E-state index >= 15 is 0 Å². The fourth-order valence-electron chi connectivity index (χ4n) is 3.99. The van der Waals surface area contributed by atoms with E-state index in [2.05, 4.69) is 26.4 Å². The molecular weight excluding hydrogens is 403 g/mol. The van der Waals surface area contributed by atoms with E-state index in [1.165, 1.54) is 89.9 Å². The molecule has 2 aromatic heterocycles. The summed E-state index contributed by atoms with van der Waals surface area (Å²) in [7, 11) is 0. The van der Waals surface area contributed by atoms with Crippen molar-refractivity contribution in [3.63, 3.8) is 0 Å².